The van der Waals surface area contributed by atoms with Crippen LogP contribution in [0.1, 0.15) is 47.5 Å². The first kappa shape index (κ1) is 14.7. The predicted molar refractivity (Wildman–Crippen MR) is 65.1 cm³/mol. The van der Waals surface area contributed by atoms with E-state index in [9.17, 15) is 10.0 Å². The monoisotopic (exact) mass is 262 g/mol. The molecule has 0 spiro atoms. The minimum Gasteiger partial charge on any atom is -0.461 e. The van der Waals surface area contributed by atoms with Gasteiger partial charge in [-0.1, -0.05) is 0 Å². The van der Waals surface area contributed by atoms with Gasteiger partial charge in [-0.3, -0.25) is 4.79 Å². The SMILES string of the molecule is CC(Cl)C(=O)OC1CC(C)(C)N([O])C(C)(C)C1. The molecule has 1 rings (SSSR count). The minimum absolute atomic E-state index is 0.237. The molecule has 0 aromatic rings. The topological polar surface area (TPSA) is 49.4 Å². The van der Waals surface area contributed by atoms with Gasteiger partial charge in [0.2, 0.25) is 0 Å². The Morgan fingerprint density at radius 1 is 1.29 bits per heavy atom. The summed E-state index contributed by atoms with van der Waals surface area (Å²) in [4.78, 5) is 11.5. The molecule has 1 unspecified atom stereocenters. The Hall–Kier alpha value is -0.320. The molecule has 0 aromatic carbocycles. The fourth-order valence-electron chi connectivity index (χ4n) is 2.51. The Balaban J connectivity index is 2.75. The summed E-state index contributed by atoms with van der Waals surface area (Å²) in [6.45, 7) is 9.05. The molecule has 17 heavy (non-hydrogen) atoms. The maximum Gasteiger partial charge on any atom is 0.324 e. The lowest BCUT2D eigenvalue weighted by Crippen LogP contribution is -2.60. The van der Waals surface area contributed by atoms with Crippen LogP contribution in [0.15, 0.2) is 0 Å². The summed E-state index contributed by atoms with van der Waals surface area (Å²) in [5, 5.41) is 12.5. The van der Waals surface area contributed by atoms with Crippen LogP contribution in [0.3, 0.4) is 0 Å². The van der Waals surface area contributed by atoms with Crippen molar-refractivity contribution in [2.75, 3.05) is 0 Å². The van der Waals surface area contributed by atoms with Crippen molar-refractivity contribution in [1.29, 1.82) is 0 Å². The standard InChI is InChI=1S/C12H21ClNO3/c1-8(13)10(15)17-9-6-11(2,3)14(16)12(4,5)7-9/h8-9H,6-7H2,1-5H3. The lowest BCUT2D eigenvalue weighted by molar-refractivity contribution is -0.299. The summed E-state index contributed by atoms with van der Waals surface area (Å²) in [5.74, 6) is -0.414. The average Bonchev–Trinajstić information content (AvgIpc) is 2.12. The maximum atomic E-state index is 12.1. The van der Waals surface area contributed by atoms with E-state index in [2.05, 4.69) is 0 Å². The van der Waals surface area contributed by atoms with Crippen LogP contribution < -0.4 is 0 Å². The van der Waals surface area contributed by atoms with Gasteiger partial charge in [-0.25, -0.2) is 0 Å². The molecule has 0 aliphatic carbocycles. The number of esters is 1. The fraction of sp³-hybridized carbons (Fsp3) is 0.917. The van der Waals surface area contributed by atoms with Crippen LogP contribution in [0.4, 0.5) is 0 Å². The predicted octanol–water partition coefficient (Wildman–Crippen LogP) is 2.52. The van der Waals surface area contributed by atoms with Gasteiger partial charge in [-0.15, -0.1) is 21.9 Å². The molecule has 0 bridgehead atoms. The van der Waals surface area contributed by atoms with E-state index in [1.807, 2.05) is 27.7 Å². The second kappa shape index (κ2) is 4.75. The van der Waals surface area contributed by atoms with E-state index >= 15 is 0 Å². The number of hydrogen-bond acceptors (Lipinski definition) is 3. The summed E-state index contributed by atoms with van der Waals surface area (Å²) in [6, 6.07) is 0. The lowest BCUT2D eigenvalue weighted by Gasteiger charge is -2.49. The van der Waals surface area contributed by atoms with Crippen LogP contribution in [-0.4, -0.2) is 33.6 Å². The third-order valence-electron chi connectivity index (χ3n) is 3.16. The van der Waals surface area contributed by atoms with Crippen LogP contribution in [0.5, 0.6) is 0 Å². The van der Waals surface area contributed by atoms with Crippen molar-refractivity contribution in [3.05, 3.63) is 0 Å². The molecule has 1 fully saturated rings. The van der Waals surface area contributed by atoms with Crippen LogP contribution in [0.2, 0.25) is 0 Å². The molecule has 1 heterocycles. The number of ether oxygens (including phenoxy) is 1. The van der Waals surface area contributed by atoms with Crippen LogP contribution in [-0.2, 0) is 14.7 Å². The van der Waals surface area contributed by atoms with Gasteiger partial charge in [-0.05, 0) is 34.6 Å². The fourth-order valence-corrected chi connectivity index (χ4v) is 2.56. The third kappa shape index (κ3) is 3.33. The van der Waals surface area contributed by atoms with E-state index in [-0.39, 0.29) is 6.10 Å². The second-order valence-corrected chi connectivity index (χ2v) is 6.66. The number of rotatable bonds is 2. The van der Waals surface area contributed by atoms with Gasteiger partial charge in [0.1, 0.15) is 11.5 Å². The third-order valence-corrected chi connectivity index (χ3v) is 3.34. The molecule has 0 N–H and O–H groups in total. The van der Waals surface area contributed by atoms with E-state index in [4.69, 9.17) is 16.3 Å². The smallest absolute Gasteiger partial charge is 0.324 e. The zero-order valence-electron chi connectivity index (χ0n) is 11.1. The van der Waals surface area contributed by atoms with E-state index in [1.54, 1.807) is 6.92 Å². The van der Waals surface area contributed by atoms with Crippen LogP contribution in [0, 0.1) is 0 Å². The molecule has 99 valence electrons. The van der Waals surface area contributed by atoms with Crippen molar-refractivity contribution >= 4 is 17.6 Å². The molecule has 0 amide bonds. The number of piperidine rings is 1. The summed E-state index contributed by atoms with van der Waals surface area (Å²) in [6.07, 6.45) is 0.837. The highest BCUT2D eigenvalue weighted by Crippen LogP contribution is 2.38. The maximum absolute atomic E-state index is 12.1. The Morgan fingerprint density at radius 3 is 2.06 bits per heavy atom. The Bertz CT molecular complexity index is 284. The van der Waals surface area contributed by atoms with E-state index in [0.29, 0.717) is 12.8 Å². The Morgan fingerprint density at radius 2 is 1.71 bits per heavy atom. The molecular formula is C12H21ClNO3. The van der Waals surface area contributed by atoms with E-state index < -0.39 is 22.4 Å². The number of carbonyl (C=O) groups is 1. The van der Waals surface area contributed by atoms with Gasteiger partial charge in [0.25, 0.3) is 0 Å². The number of carbonyl (C=O) groups excluding carboxylic acids is 1. The number of hydroxylamine groups is 2. The van der Waals surface area contributed by atoms with Crippen molar-refractivity contribution in [3.63, 3.8) is 0 Å². The van der Waals surface area contributed by atoms with Crippen molar-refractivity contribution in [1.82, 2.24) is 5.06 Å². The van der Waals surface area contributed by atoms with Crippen LogP contribution >= 0.6 is 11.6 Å². The van der Waals surface area contributed by atoms with Gasteiger partial charge in [0.15, 0.2) is 0 Å². The zero-order chi connectivity index (χ0) is 13.4. The number of halogens is 1. The van der Waals surface area contributed by atoms with Gasteiger partial charge in [-0.2, -0.15) is 0 Å². The lowest BCUT2D eigenvalue weighted by atomic mass is 9.80. The summed E-state index contributed by atoms with van der Waals surface area (Å²) in [5.41, 5.74) is -1.05. The van der Waals surface area contributed by atoms with Gasteiger partial charge in [0.05, 0.1) is 0 Å². The second-order valence-electron chi connectivity index (χ2n) is 6.00. The van der Waals surface area contributed by atoms with Crippen LogP contribution in [0.25, 0.3) is 0 Å². The number of nitrogens with zero attached hydrogens (tertiary/aromatic N) is 1. The minimum atomic E-state index is -0.647. The zero-order valence-corrected chi connectivity index (χ0v) is 11.9. The van der Waals surface area contributed by atoms with Gasteiger partial charge in [0, 0.05) is 23.9 Å². The van der Waals surface area contributed by atoms with Crippen molar-refractivity contribution in [3.8, 4) is 0 Å². The number of hydrogen-bond donors (Lipinski definition) is 0. The molecule has 0 aromatic heterocycles. The largest absolute Gasteiger partial charge is 0.461 e. The Kier molecular flexibility index (Phi) is 4.12. The first-order valence-corrected chi connectivity index (χ1v) is 6.32. The van der Waals surface area contributed by atoms with Gasteiger partial charge < -0.3 is 4.74 Å². The highest BCUT2D eigenvalue weighted by atomic mass is 35.5. The highest BCUT2D eigenvalue weighted by Gasteiger charge is 2.47. The molecule has 5 heteroatoms. The molecular weight excluding hydrogens is 242 g/mol. The molecule has 0 saturated carbocycles. The summed E-state index contributed by atoms with van der Waals surface area (Å²) in [7, 11) is 0. The summed E-state index contributed by atoms with van der Waals surface area (Å²) < 4.78 is 5.34. The molecule has 4 nitrogen and oxygen atoms in total. The number of alkyl halides is 1. The van der Waals surface area contributed by atoms with Crippen molar-refractivity contribution in [2.24, 2.45) is 0 Å². The highest BCUT2D eigenvalue weighted by molar-refractivity contribution is 6.29. The summed E-state index contributed by atoms with van der Waals surface area (Å²) >= 11 is 5.67. The molecule has 1 aliphatic rings. The van der Waals surface area contributed by atoms with E-state index in [1.165, 1.54) is 0 Å². The van der Waals surface area contributed by atoms with Gasteiger partial charge >= 0.3 is 5.97 Å². The molecule has 1 atom stereocenters. The molecule has 1 aliphatic heterocycles. The van der Waals surface area contributed by atoms with Crippen molar-refractivity contribution in [2.45, 2.75) is 70.0 Å². The average molecular weight is 263 g/mol. The quantitative estimate of drug-likeness (QED) is 0.568. The first-order chi connectivity index (χ1) is 7.56. The molecule has 1 saturated heterocycles. The van der Waals surface area contributed by atoms with E-state index in [0.717, 1.165) is 5.06 Å². The first-order valence-electron chi connectivity index (χ1n) is 5.88. The molecule has 1 radical (unpaired) electrons. The Labute approximate surface area is 108 Å². The normalized spacial score (nSPS) is 26.5. The van der Waals surface area contributed by atoms with Crippen molar-refractivity contribution < 1.29 is 14.7 Å².